The van der Waals surface area contributed by atoms with Crippen LogP contribution in [0.1, 0.15) is 11.1 Å². The maximum Gasteiger partial charge on any atom is 0.262 e. The van der Waals surface area contributed by atoms with Crippen LogP contribution in [0.25, 0.3) is 10.4 Å². The van der Waals surface area contributed by atoms with E-state index in [2.05, 4.69) is 10.0 Å². The van der Waals surface area contributed by atoms with Gasteiger partial charge in [-0.05, 0) is 79.0 Å². The van der Waals surface area contributed by atoms with Crippen molar-refractivity contribution in [3.8, 4) is 16.2 Å². The number of halogens is 1. The lowest BCUT2D eigenvalue weighted by molar-refractivity contribution is 0.416. The van der Waals surface area contributed by atoms with Gasteiger partial charge < -0.3 is 10.1 Å². The van der Waals surface area contributed by atoms with E-state index in [0.29, 0.717) is 15.8 Å². The summed E-state index contributed by atoms with van der Waals surface area (Å²) in [5, 5.41) is 3.36. The number of methoxy groups -OCH3 is 1. The van der Waals surface area contributed by atoms with Crippen LogP contribution in [0.5, 0.6) is 5.75 Å². The molecular formula is C21H21ClN2O3S2. The van der Waals surface area contributed by atoms with Gasteiger partial charge in [0.15, 0.2) is 0 Å². The lowest BCUT2D eigenvalue weighted by Gasteiger charge is -2.16. The van der Waals surface area contributed by atoms with Gasteiger partial charge in [0, 0.05) is 4.88 Å². The molecule has 4 rings (SSSR count). The predicted molar refractivity (Wildman–Crippen MR) is 119 cm³/mol. The Morgan fingerprint density at radius 2 is 1.72 bits per heavy atom. The summed E-state index contributed by atoms with van der Waals surface area (Å²) in [7, 11) is -2.19. The Bertz CT molecular complexity index is 1130. The normalized spacial score (nSPS) is 14.1. The molecule has 0 spiro atoms. The van der Waals surface area contributed by atoms with Crippen LogP contribution in [-0.2, 0) is 22.9 Å². The number of sulfonamides is 1. The van der Waals surface area contributed by atoms with E-state index < -0.39 is 10.0 Å². The van der Waals surface area contributed by atoms with Gasteiger partial charge in [0.25, 0.3) is 10.0 Å². The first-order valence-corrected chi connectivity index (χ1v) is 11.9. The molecule has 1 aliphatic rings. The highest BCUT2D eigenvalue weighted by atomic mass is 35.5. The van der Waals surface area contributed by atoms with Crippen LogP contribution in [0.2, 0.25) is 4.34 Å². The maximum atomic E-state index is 13.0. The van der Waals surface area contributed by atoms with E-state index in [4.69, 9.17) is 16.3 Å². The Morgan fingerprint density at radius 3 is 2.34 bits per heavy atom. The van der Waals surface area contributed by atoms with Crippen molar-refractivity contribution in [1.29, 1.82) is 0 Å². The minimum atomic E-state index is -3.74. The van der Waals surface area contributed by atoms with Crippen LogP contribution in [0.4, 0.5) is 5.69 Å². The Hall–Kier alpha value is -2.06. The maximum absolute atomic E-state index is 13.0. The summed E-state index contributed by atoms with van der Waals surface area (Å²) >= 11 is 7.45. The summed E-state index contributed by atoms with van der Waals surface area (Å²) in [5.41, 5.74) is 3.71. The minimum absolute atomic E-state index is 0.197. The van der Waals surface area contributed by atoms with Crippen molar-refractivity contribution in [2.45, 2.75) is 17.7 Å². The fourth-order valence-corrected chi connectivity index (χ4v) is 5.53. The lowest BCUT2D eigenvalue weighted by Crippen LogP contribution is -2.16. The zero-order valence-electron chi connectivity index (χ0n) is 15.9. The summed E-state index contributed by atoms with van der Waals surface area (Å²) < 4.78 is 34.8. The zero-order chi connectivity index (χ0) is 20.4. The van der Waals surface area contributed by atoms with Gasteiger partial charge in [-0.25, -0.2) is 8.42 Å². The molecule has 2 N–H and O–H groups in total. The molecule has 0 aliphatic carbocycles. The van der Waals surface area contributed by atoms with Crippen molar-refractivity contribution in [3.63, 3.8) is 0 Å². The molecule has 3 aromatic rings. The number of fused-ring (bicyclic) bond motifs is 1. The Labute approximate surface area is 179 Å². The quantitative estimate of drug-likeness (QED) is 0.600. The first kappa shape index (κ1) is 20.2. The third-order valence-corrected chi connectivity index (χ3v) is 7.59. The summed E-state index contributed by atoms with van der Waals surface area (Å²) in [6.45, 7) is 1.78. The number of thiophene rings is 1. The smallest absolute Gasteiger partial charge is 0.262 e. The van der Waals surface area contributed by atoms with E-state index in [1.54, 1.807) is 31.4 Å². The van der Waals surface area contributed by atoms with E-state index >= 15 is 0 Å². The van der Waals surface area contributed by atoms with E-state index in [-0.39, 0.29) is 4.90 Å². The predicted octanol–water partition coefficient (Wildman–Crippen LogP) is 4.57. The highest BCUT2D eigenvalue weighted by Crippen LogP contribution is 2.33. The number of benzene rings is 2. The summed E-state index contributed by atoms with van der Waals surface area (Å²) in [6, 6.07) is 14.4. The third kappa shape index (κ3) is 4.43. The van der Waals surface area contributed by atoms with Crippen LogP contribution < -0.4 is 14.8 Å². The second-order valence-electron chi connectivity index (χ2n) is 6.80. The van der Waals surface area contributed by atoms with Crippen molar-refractivity contribution in [1.82, 2.24) is 5.32 Å². The standard InChI is InChI=1S/C21H21ClN2O3S2/c1-27-19-13-16-9-11-23-10-8-15(16)12-18(19)24-29(25,26)17-4-2-14(3-5-17)20-6-7-21(22)28-20/h2-7,12-13,23-24H,8-11H2,1H3. The highest BCUT2D eigenvalue weighted by molar-refractivity contribution is 7.92. The molecule has 0 amide bonds. The van der Waals surface area contributed by atoms with Crippen molar-refractivity contribution >= 4 is 38.6 Å². The summed E-state index contributed by atoms with van der Waals surface area (Å²) in [5.74, 6) is 0.527. The molecule has 0 saturated carbocycles. The molecule has 2 aromatic carbocycles. The van der Waals surface area contributed by atoms with Crippen molar-refractivity contribution < 1.29 is 13.2 Å². The molecule has 0 saturated heterocycles. The van der Waals surface area contributed by atoms with Crippen molar-refractivity contribution in [2.75, 3.05) is 24.9 Å². The number of hydrogen-bond acceptors (Lipinski definition) is 5. The zero-order valence-corrected chi connectivity index (χ0v) is 18.3. The van der Waals surface area contributed by atoms with Gasteiger partial charge in [0.1, 0.15) is 5.75 Å². The first-order chi connectivity index (χ1) is 14.0. The molecule has 8 heteroatoms. The molecule has 0 bridgehead atoms. The van der Waals surface area contributed by atoms with Gasteiger partial charge in [0.2, 0.25) is 0 Å². The van der Waals surface area contributed by atoms with E-state index in [1.807, 2.05) is 24.3 Å². The minimum Gasteiger partial charge on any atom is -0.495 e. The Kier molecular flexibility index (Phi) is 5.83. The van der Waals surface area contributed by atoms with Crippen LogP contribution in [0.3, 0.4) is 0 Å². The number of rotatable bonds is 5. The van der Waals surface area contributed by atoms with Gasteiger partial charge in [-0.1, -0.05) is 23.7 Å². The molecule has 2 heterocycles. The number of anilines is 1. The van der Waals surface area contributed by atoms with E-state index in [0.717, 1.165) is 41.9 Å². The average Bonchev–Trinajstić information content (AvgIpc) is 3.02. The van der Waals surface area contributed by atoms with E-state index in [1.165, 1.54) is 16.9 Å². The largest absolute Gasteiger partial charge is 0.495 e. The highest BCUT2D eigenvalue weighted by Gasteiger charge is 2.19. The van der Waals surface area contributed by atoms with Crippen LogP contribution >= 0.6 is 22.9 Å². The number of nitrogens with one attached hydrogen (secondary N) is 2. The molecule has 5 nitrogen and oxygen atoms in total. The van der Waals surface area contributed by atoms with E-state index in [9.17, 15) is 8.42 Å². The van der Waals surface area contributed by atoms with Gasteiger partial charge in [-0.15, -0.1) is 11.3 Å². The second kappa shape index (κ2) is 8.36. The molecule has 152 valence electrons. The molecule has 1 aromatic heterocycles. The van der Waals surface area contributed by atoms with Gasteiger partial charge in [0.05, 0.1) is 22.0 Å². The first-order valence-electron chi connectivity index (χ1n) is 9.25. The molecule has 0 fully saturated rings. The molecule has 0 radical (unpaired) electrons. The fraction of sp³-hybridized carbons (Fsp3) is 0.238. The average molecular weight is 449 g/mol. The van der Waals surface area contributed by atoms with Crippen LogP contribution in [0, 0.1) is 0 Å². The van der Waals surface area contributed by atoms with Crippen molar-refractivity contribution in [2.24, 2.45) is 0 Å². The topological polar surface area (TPSA) is 67.4 Å². The van der Waals surface area contributed by atoms with Gasteiger partial charge in [-0.3, -0.25) is 4.72 Å². The lowest BCUT2D eigenvalue weighted by atomic mass is 10.0. The SMILES string of the molecule is COc1cc2c(cc1NS(=O)(=O)c1ccc(-c3ccc(Cl)s3)cc1)CCNCC2. The van der Waals surface area contributed by atoms with Crippen LogP contribution in [-0.4, -0.2) is 28.6 Å². The number of ether oxygens (including phenoxy) is 1. The Morgan fingerprint density at radius 1 is 1.03 bits per heavy atom. The second-order valence-corrected chi connectivity index (χ2v) is 10.2. The monoisotopic (exact) mass is 448 g/mol. The third-order valence-electron chi connectivity index (χ3n) is 4.93. The van der Waals surface area contributed by atoms with Crippen LogP contribution in [0.15, 0.2) is 53.4 Å². The molecule has 0 atom stereocenters. The Balaban J connectivity index is 1.62. The summed E-state index contributed by atoms with van der Waals surface area (Å²) in [6.07, 6.45) is 1.75. The van der Waals surface area contributed by atoms with Gasteiger partial charge >= 0.3 is 0 Å². The molecule has 1 aliphatic heterocycles. The summed E-state index contributed by atoms with van der Waals surface area (Å²) in [4.78, 5) is 1.19. The van der Waals surface area contributed by atoms with Gasteiger partial charge in [-0.2, -0.15) is 0 Å². The molecule has 0 unspecified atom stereocenters. The molecule has 29 heavy (non-hydrogen) atoms. The van der Waals surface area contributed by atoms with Crippen molar-refractivity contribution in [3.05, 3.63) is 64.0 Å². The number of hydrogen-bond donors (Lipinski definition) is 2. The molecular weight excluding hydrogens is 428 g/mol. The fourth-order valence-electron chi connectivity index (χ4n) is 3.42.